The number of hydrogen-bond acceptors (Lipinski definition) is 10. The Balaban J connectivity index is 0.000000303. The molecule has 0 bridgehead atoms. The number of amides is 2. The van der Waals surface area contributed by atoms with Gasteiger partial charge in [0.1, 0.15) is 11.5 Å². The highest BCUT2D eigenvalue weighted by Crippen LogP contribution is 2.38. The minimum atomic E-state index is -1.21. The van der Waals surface area contributed by atoms with Gasteiger partial charge in [0.2, 0.25) is 0 Å². The first-order valence-electron chi connectivity index (χ1n) is 7.59. The van der Waals surface area contributed by atoms with E-state index in [1.54, 1.807) is 18.2 Å². The summed E-state index contributed by atoms with van der Waals surface area (Å²) in [5.74, 6) is -0.0261. The number of benzene rings is 2. The number of urea groups is 1. The summed E-state index contributed by atoms with van der Waals surface area (Å²) < 4.78 is 10.0. The largest absolute Gasteiger partial charge is 0.497 e. The third-order valence-electron chi connectivity index (χ3n) is 3.28. The molecule has 0 spiro atoms. The number of phenols is 1. The van der Waals surface area contributed by atoms with E-state index in [4.69, 9.17) is 20.3 Å². The van der Waals surface area contributed by atoms with Gasteiger partial charge in [0.25, 0.3) is 11.4 Å². The van der Waals surface area contributed by atoms with E-state index in [1.165, 1.54) is 14.2 Å². The van der Waals surface area contributed by atoms with Crippen molar-refractivity contribution in [2.75, 3.05) is 19.5 Å². The number of non-ortho nitro benzene ring substituents is 1. The van der Waals surface area contributed by atoms with Gasteiger partial charge < -0.3 is 25.6 Å². The van der Waals surface area contributed by atoms with Crippen LogP contribution in [0.1, 0.15) is 0 Å². The van der Waals surface area contributed by atoms with Gasteiger partial charge in [0.05, 0.1) is 41.1 Å². The predicted molar refractivity (Wildman–Crippen MR) is 101 cm³/mol. The summed E-state index contributed by atoms with van der Waals surface area (Å²) in [4.78, 5) is 38.4. The van der Waals surface area contributed by atoms with Crippen LogP contribution in [0.25, 0.3) is 0 Å². The molecule has 0 atom stereocenters. The number of aromatic hydroxyl groups is 1. The van der Waals surface area contributed by atoms with Crippen LogP contribution in [0.4, 0.5) is 27.5 Å². The molecule has 4 N–H and O–H groups in total. The number of nitro groups is 3. The average molecular weight is 425 g/mol. The summed E-state index contributed by atoms with van der Waals surface area (Å²) in [6.45, 7) is 0. The number of nitrogens with two attached hydrogens (primary N) is 1. The van der Waals surface area contributed by atoms with Gasteiger partial charge in [-0.2, -0.15) is 0 Å². The number of primary amides is 1. The van der Waals surface area contributed by atoms with Crippen LogP contribution >= 0.6 is 0 Å². The Bertz CT molecular complexity index is 937. The van der Waals surface area contributed by atoms with Crippen molar-refractivity contribution in [2.45, 2.75) is 0 Å². The van der Waals surface area contributed by atoms with Crippen LogP contribution < -0.4 is 20.5 Å². The lowest BCUT2D eigenvalue weighted by molar-refractivity contribution is -0.404. The van der Waals surface area contributed by atoms with Crippen molar-refractivity contribution in [2.24, 2.45) is 5.73 Å². The fourth-order valence-corrected chi connectivity index (χ4v) is 2.00. The average Bonchev–Trinajstić information content (AvgIpc) is 2.67. The lowest BCUT2D eigenvalue weighted by atomic mass is 10.2. The molecule has 160 valence electrons. The zero-order valence-electron chi connectivity index (χ0n) is 15.4. The molecule has 15 heteroatoms. The number of nitrogens with zero attached hydrogens (tertiary/aromatic N) is 3. The zero-order valence-corrected chi connectivity index (χ0v) is 15.4. The molecule has 0 aromatic heterocycles. The van der Waals surface area contributed by atoms with Crippen molar-refractivity contribution in [3.05, 3.63) is 60.7 Å². The van der Waals surface area contributed by atoms with Gasteiger partial charge in [-0.1, -0.05) is 0 Å². The molecule has 2 rings (SSSR count). The second-order valence-electron chi connectivity index (χ2n) is 5.19. The number of phenolic OH excluding ortho intramolecular Hbond substituents is 1. The number of carbonyl (C=O) groups excluding carboxylic acids is 1. The molecule has 0 unspecified atom stereocenters. The van der Waals surface area contributed by atoms with Crippen LogP contribution in [-0.4, -0.2) is 40.1 Å². The van der Waals surface area contributed by atoms with E-state index in [-0.39, 0.29) is 0 Å². The Labute approximate surface area is 167 Å². The van der Waals surface area contributed by atoms with E-state index < -0.39 is 43.6 Å². The van der Waals surface area contributed by atoms with E-state index in [0.29, 0.717) is 29.3 Å². The Morgan fingerprint density at radius 3 is 1.63 bits per heavy atom. The summed E-state index contributed by atoms with van der Waals surface area (Å²) in [6.07, 6.45) is 0. The molecule has 0 aliphatic heterocycles. The maximum atomic E-state index is 10.6. The number of anilines is 1. The molecule has 30 heavy (non-hydrogen) atoms. The first-order valence-corrected chi connectivity index (χ1v) is 7.59. The molecule has 2 amide bonds. The van der Waals surface area contributed by atoms with Crippen LogP contribution in [0.15, 0.2) is 30.3 Å². The maximum absolute atomic E-state index is 10.6. The van der Waals surface area contributed by atoms with Crippen LogP contribution in [-0.2, 0) is 0 Å². The van der Waals surface area contributed by atoms with Gasteiger partial charge in [-0.25, -0.2) is 4.79 Å². The molecule has 2 aromatic carbocycles. The summed E-state index contributed by atoms with van der Waals surface area (Å²) in [5.41, 5.74) is 2.51. The monoisotopic (exact) mass is 425 g/mol. The normalized spacial score (nSPS) is 9.53. The van der Waals surface area contributed by atoms with Gasteiger partial charge in [0, 0.05) is 23.9 Å². The summed E-state index contributed by atoms with van der Waals surface area (Å²) in [7, 11) is 3.06. The molecule has 2 aromatic rings. The Morgan fingerprint density at radius 2 is 1.33 bits per heavy atom. The third kappa shape index (κ3) is 6.19. The van der Waals surface area contributed by atoms with Crippen LogP contribution in [0.2, 0.25) is 0 Å². The van der Waals surface area contributed by atoms with Crippen molar-refractivity contribution in [1.29, 1.82) is 0 Å². The number of nitro benzene ring substituents is 3. The second-order valence-corrected chi connectivity index (χ2v) is 5.19. The molecule has 0 aliphatic rings. The minimum Gasteiger partial charge on any atom is -0.497 e. The quantitative estimate of drug-likeness (QED) is 0.452. The SMILES string of the molecule is COc1cc(NC(N)=O)cc(OC)c1.O=[N+]([O-])c1cc([N+](=O)[O-])c(O)c([N+](=O)[O-])c1. The number of rotatable bonds is 6. The van der Waals surface area contributed by atoms with Crippen LogP contribution in [0, 0.1) is 30.3 Å². The smallest absolute Gasteiger partial charge is 0.324 e. The fourth-order valence-electron chi connectivity index (χ4n) is 2.00. The summed E-state index contributed by atoms with van der Waals surface area (Å²) in [6, 6.07) is 5.26. The number of methoxy groups -OCH3 is 2. The number of nitrogens with one attached hydrogen (secondary N) is 1. The van der Waals surface area contributed by atoms with Gasteiger partial charge in [-0.3, -0.25) is 30.3 Å². The van der Waals surface area contributed by atoms with Crippen molar-refractivity contribution in [1.82, 2.24) is 0 Å². The first-order chi connectivity index (χ1) is 14.0. The fraction of sp³-hybridized carbons (Fsp3) is 0.133. The Morgan fingerprint density at radius 1 is 0.900 bits per heavy atom. The lowest BCUT2D eigenvalue weighted by Crippen LogP contribution is -2.19. The van der Waals surface area contributed by atoms with Crippen LogP contribution in [0.5, 0.6) is 17.2 Å². The molecule has 0 saturated heterocycles. The number of ether oxygens (including phenoxy) is 2. The van der Waals surface area contributed by atoms with E-state index in [1.807, 2.05) is 0 Å². The highest BCUT2D eigenvalue weighted by Gasteiger charge is 2.30. The summed E-state index contributed by atoms with van der Waals surface area (Å²) >= 11 is 0. The topological polar surface area (TPSA) is 223 Å². The van der Waals surface area contributed by atoms with Crippen LogP contribution in [0.3, 0.4) is 0 Å². The van der Waals surface area contributed by atoms with Gasteiger partial charge in [-0.05, 0) is 0 Å². The molecule has 0 heterocycles. The maximum Gasteiger partial charge on any atom is 0.324 e. The molecule has 0 aliphatic carbocycles. The molecule has 0 saturated carbocycles. The highest BCUT2D eigenvalue weighted by molar-refractivity contribution is 5.88. The lowest BCUT2D eigenvalue weighted by Gasteiger charge is -2.07. The summed E-state index contributed by atoms with van der Waals surface area (Å²) in [5, 5.41) is 42.6. The Hall–Kier alpha value is -4.69. The predicted octanol–water partition coefficient (Wildman–Crippen LogP) is 2.31. The van der Waals surface area contributed by atoms with E-state index >= 15 is 0 Å². The minimum absolute atomic E-state index is 0.447. The molecule has 0 radical (unpaired) electrons. The van der Waals surface area contributed by atoms with Crippen molar-refractivity contribution in [3.8, 4) is 17.2 Å². The molecule has 15 nitrogen and oxygen atoms in total. The van der Waals surface area contributed by atoms with Gasteiger partial charge in [0.15, 0.2) is 0 Å². The third-order valence-corrected chi connectivity index (χ3v) is 3.28. The first kappa shape index (κ1) is 23.3. The molecular weight excluding hydrogens is 410 g/mol. The molecule has 0 fully saturated rings. The van der Waals surface area contributed by atoms with Gasteiger partial charge >= 0.3 is 17.4 Å². The Kier molecular flexibility index (Phi) is 7.80. The van der Waals surface area contributed by atoms with Crippen molar-refractivity contribution >= 4 is 28.8 Å². The zero-order chi connectivity index (χ0) is 23.0. The van der Waals surface area contributed by atoms with Gasteiger partial charge in [-0.15, -0.1) is 0 Å². The standard InChI is InChI=1S/C9H12N2O3.C6H3N3O7/c1-13-7-3-6(11-9(10)12)4-8(5-7)14-2;10-6-4(8(13)14)1-3(7(11)12)2-5(6)9(15)16/h3-5H,1-2H3,(H3,10,11,12);1-2,10H. The van der Waals surface area contributed by atoms with E-state index in [2.05, 4.69) is 5.32 Å². The van der Waals surface area contributed by atoms with Crippen molar-refractivity contribution < 1.29 is 34.1 Å². The van der Waals surface area contributed by atoms with Crippen molar-refractivity contribution in [3.63, 3.8) is 0 Å². The second kappa shape index (κ2) is 10.0. The van der Waals surface area contributed by atoms with E-state index in [0.717, 1.165) is 0 Å². The highest BCUT2D eigenvalue weighted by atomic mass is 16.6. The molecular formula is C15H15N5O10. The number of carbonyl (C=O) groups is 1. The van der Waals surface area contributed by atoms with E-state index in [9.17, 15) is 35.1 Å². The number of hydrogen-bond donors (Lipinski definition) is 3.